The molecule has 1 aromatic carbocycles. The van der Waals surface area contributed by atoms with Crippen LogP contribution in [0.25, 0.3) is 5.69 Å². The number of nitrogens with zero attached hydrogens (tertiary/aromatic N) is 3. The van der Waals surface area contributed by atoms with Gasteiger partial charge in [-0.25, -0.2) is 4.98 Å². The van der Waals surface area contributed by atoms with Gasteiger partial charge in [-0.2, -0.15) is 0 Å². The van der Waals surface area contributed by atoms with E-state index in [9.17, 15) is 0 Å². The van der Waals surface area contributed by atoms with Gasteiger partial charge in [0.1, 0.15) is 5.82 Å². The Balaban J connectivity index is 0.00000161. The first-order chi connectivity index (χ1) is 9.72. The molecule has 1 saturated heterocycles. The van der Waals surface area contributed by atoms with Gasteiger partial charge in [0.25, 0.3) is 0 Å². The van der Waals surface area contributed by atoms with Crippen molar-refractivity contribution in [2.75, 3.05) is 13.1 Å². The highest BCUT2D eigenvalue weighted by Crippen LogP contribution is 2.14. The molecule has 0 bridgehead atoms. The Kier molecular flexibility index (Phi) is 5.39. The van der Waals surface area contributed by atoms with Crippen LogP contribution in [0.2, 0.25) is 0 Å². The second-order valence-corrected chi connectivity index (χ2v) is 5.71. The number of aromatic nitrogens is 2. The Labute approximate surface area is 132 Å². The molecule has 5 heteroatoms. The summed E-state index contributed by atoms with van der Waals surface area (Å²) < 4.78 is 2.18. The molecule has 1 fully saturated rings. The first kappa shape index (κ1) is 16.0. The van der Waals surface area contributed by atoms with Gasteiger partial charge in [0.05, 0.1) is 6.54 Å². The summed E-state index contributed by atoms with van der Waals surface area (Å²) >= 11 is 0. The molecule has 3 rings (SSSR count). The topological polar surface area (TPSA) is 33.1 Å². The van der Waals surface area contributed by atoms with E-state index in [1.165, 1.54) is 5.69 Å². The van der Waals surface area contributed by atoms with Crippen molar-refractivity contribution in [3.8, 4) is 5.69 Å². The number of hydrogen-bond acceptors (Lipinski definition) is 3. The van der Waals surface area contributed by atoms with Gasteiger partial charge in [-0.1, -0.05) is 18.2 Å². The molecule has 0 radical (unpaired) electrons. The third-order valence-electron chi connectivity index (χ3n) is 3.75. The second-order valence-electron chi connectivity index (χ2n) is 5.71. The van der Waals surface area contributed by atoms with Crippen molar-refractivity contribution in [1.29, 1.82) is 0 Å². The number of benzene rings is 1. The SMILES string of the molecule is CC1CN(Cc2nccn2-c2ccccc2)CC(C)N1.Cl. The summed E-state index contributed by atoms with van der Waals surface area (Å²) in [5.41, 5.74) is 1.18. The van der Waals surface area contributed by atoms with Gasteiger partial charge in [0.2, 0.25) is 0 Å². The second kappa shape index (κ2) is 7.07. The molecule has 0 spiro atoms. The number of piperazine rings is 1. The minimum atomic E-state index is 0. The van der Waals surface area contributed by atoms with Crippen molar-refractivity contribution in [3.05, 3.63) is 48.5 Å². The van der Waals surface area contributed by atoms with Gasteiger partial charge < -0.3 is 9.88 Å². The fraction of sp³-hybridized carbons (Fsp3) is 0.438. The minimum Gasteiger partial charge on any atom is -0.309 e. The summed E-state index contributed by atoms with van der Waals surface area (Å²) in [6, 6.07) is 11.5. The van der Waals surface area contributed by atoms with Gasteiger partial charge in [-0.3, -0.25) is 4.90 Å². The van der Waals surface area contributed by atoms with E-state index in [1.54, 1.807) is 0 Å². The molecule has 2 heterocycles. The molecule has 2 atom stereocenters. The van der Waals surface area contributed by atoms with Crippen molar-refractivity contribution in [3.63, 3.8) is 0 Å². The first-order valence-corrected chi connectivity index (χ1v) is 7.28. The average Bonchev–Trinajstić information content (AvgIpc) is 2.86. The van der Waals surface area contributed by atoms with E-state index >= 15 is 0 Å². The number of rotatable bonds is 3. The number of para-hydroxylation sites is 1. The highest BCUT2D eigenvalue weighted by Gasteiger charge is 2.22. The highest BCUT2D eigenvalue weighted by atomic mass is 35.5. The maximum atomic E-state index is 4.54. The van der Waals surface area contributed by atoms with E-state index < -0.39 is 0 Å². The lowest BCUT2D eigenvalue weighted by atomic mass is 10.1. The summed E-state index contributed by atoms with van der Waals surface area (Å²) in [6.45, 7) is 7.54. The monoisotopic (exact) mass is 306 g/mol. The molecule has 4 nitrogen and oxygen atoms in total. The summed E-state index contributed by atoms with van der Waals surface area (Å²) in [4.78, 5) is 7.02. The van der Waals surface area contributed by atoms with Crippen LogP contribution in [-0.4, -0.2) is 39.6 Å². The number of hydrogen-bond donors (Lipinski definition) is 1. The molecular weight excluding hydrogens is 284 g/mol. The summed E-state index contributed by atoms with van der Waals surface area (Å²) in [6.07, 6.45) is 3.93. The third kappa shape index (κ3) is 3.84. The lowest BCUT2D eigenvalue weighted by Crippen LogP contribution is -2.53. The molecule has 21 heavy (non-hydrogen) atoms. The normalized spacial score (nSPS) is 22.8. The van der Waals surface area contributed by atoms with Gasteiger partial charge >= 0.3 is 0 Å². The van der Waals surface area contributed by atoms with Crippen LogP contribution < -0.4 is 5.32 Å². The van der Waals surface area contributed by atoms with Crippen LogP contribution in [0.5, 0.6) is 0 Å². The van der Waals surface area contributed by atoms with Crippen LogP contribution in [0.15, 0.2) is 42.7 Å². The van der Waals surface area contributed by atoms with Gasteiger partial charge in [0, 0.05) is 43.3 Å². The molecule has 2 aromatic rings. The quantitative estimate of drug-likeness (QED) is 0.946. The lowest BCUT2D eigenvalue weighted by molar-refractivity contribution is 0.162. The van der Waals surface area contributed by atoms with Crippen LogP contribution in [-0.2, 0) is 6.54 Å². The highest BCUT2D eigenvalue weighted by molar-refractivity contribution is 5.85. The maximum absolute atomic E-state index is 4.54. The number of nitrogens with one attached hydrogen (secondary N) is 1. The molecule has 0 amide bonds. The van der Waals surface area contributed by atoms with Gasteiger partial charge in [-0.15, -0.1) is 12.4 Å². The molecular formula is C16H23ClN4. The zero-order chi connectivity index (χ0) is 13.9. The summed E-state index contributed by atoms with van der Waals surface area (Å²) in [5.74, 6) is 1.11. The lowest BCUT2D eigenvalue weighted by Gasteiger charge is -2.35. The molecule has 1 aliphatic heterocycles. The molecule has 1 N–H and O–H groups in total. The van der Waals surface area contributed by atoms with E-state index in [-0.39, 0.29) is 12.4 Å². The largest absolute Gasteiger partial charge is 0.309 e. The molecule has 1 aromatic heterocycles. The van der Waals surface area contributed by atoms with E-state index in [4.69, 9.17) is 0 Å². The Hall–Kier alpha value is -1.36. The Bertz CT molecular complexity index is 544. The summed E-state index contributed by atoms with van der Waals surface area (Å²) in [7, 11) is 0. The average molecular weight is 307 g/mol. The molecule has 1 aliphatic rings. The van der Waals surface area contributed by atoms with Crippen LogP contribution in [0.3, 0.4) is 0 Å². The Morgan fingerprint density at radius 1 is 1.14 bits per heavy atom. The minimum absolute atomic E-state index is 0. The standard InChI is InChI=1S/C16H22N4.ClH/c1-13-10-19(11-14(2)18-13)12-16-17-8-9-20(16)15-6-4-3-5-7-15;/h3-9,13-14,18H,10-12H2,1-2H3;1H. The summed E-state index contributed by atoms with van der Waals surface area (Å²) in [5, 5.41) is 3.57. The van der Waals surface area contributed by atoms with Crippen molar-refractivity contribution in [2.45, 2.75) is 32.5 Å². The zero-order valence-corrected chi connectivity index (χ0v) is 13.4. The molecule has 0 aliphatic carbocycles. The molecule has 114 valence electrons. The molecule has 2 unspecified atom stereocenters. The fourth-order valence-electron chi connectivity index (χ4n) is 3.04. The maximum Gasteiger partial charge on any atom is 0.127 e. The van der Waals surface area contributed by atoms with E-state index in [0.29, 0.717) is 12.1 Å². The van der Waals surface area contributed by atoms with Crippen molar-refractivity contribution >= 4 is 12.4 Å². The van der Waals surface area contributed by atoms with Crippen molar-refractivity contribution in [1.82, 2.24) is 19.8 Å². The van der Waals surface area contributed by atoms with Crippen LogP contribution >= 0.6 is 12.4 Å². The fourth-order valence-corrected chi connectivity index (χ4v) is 3.04. The Morgan fingerprint density at radius 3 is 2.48 bits per heavy atom. The van der Waals surface area contributed by atoms with E-state index in [1.807, 2.05) is 18.5 Å². The number of halogens is 1. The Morgan fingerprint density at radius 2 is 1.81 bits per heavy atom. The van der Waals surface area contributed by atoms with E-state index in [2.05, 4.69) is 57.9 Å². The van der Waals surface area contributed by atoms with Crippen LogP contribution in [0.4, 0.5) is 0 Å². The van der Waals surface area contributed by atoms with Gasteiger partial charge in [-0.05, 0) is 26.0 Å². The van der Waals surface area contributed by atoms with Crippen LogP contribution in [0, 0.1) is 0 Å². The van der Waals surface area contributed by atoms with Crippen molar-refractivity contribution in [2.24, 2.45) is 0 Å². The zero-order valence-electron chi connectivity index (χ0n) is 12.6. The van der Waals surface area contributed by atoms with Crippen molar-refractivity contribution < 1.29 is 0 Å². The smallest absolute Gasteiger partial charge is 0.127 e. The molecule has 0 saturated carbocycles. The van der Waals surface area contributed by atoms with E-state index in [0.717, 1.165) is 25.5 Å². The first-order valence-electron chi connectivity index (χ1n) is 7.28. The predicted octanol–water partition coefficient (Wildman–Crippen LogP) is 2.48. The van der Waals surface area contributed by atoms with Crippen LogP contribution in [0.1, 0.15) is 19.7 Å². The van der Waals surface area contributed by atoms with Gasteiger partial charge in [0.15, 0.2) is 0 Å². The third-order valence-corrected chi connectivity index (χ3v) is 3.75. The predicted molar refractivity (Wildman–Crippen MR) is 88.1 cm³/mol. The number of imidazole rings is 1.